The Labute approximate surface area is 525 Å². The molecule has 1 aliphatic rings. The van der Waals surface area contributed by atoms with Crippen LogP contribution in [0.4, 0.5) is 83.8 Å². The number of carboxylic acids is 1. The number of ether oxygens (including phenoxy) is 1. The molecule has 4 aromatic rings. The summed E-state index contributed by atoms with van der Waals surface area (Å²) in [5, 5.41) is 21.8. The third-order valence-electron chi connectivity index (χ3n) is 12.8. The predicted molar refractivity (Wildman–Crippen MR) is 286 cm³/mol. The molecule has 10 nitrogen and oxygen atoms in total. The van der Waals surface area contributed by atoms with E-state index in [4.69, 9.17) is 14.7 Å². The molecule has 0 aromatic heterocycles. The van der Waals surface area contributed by atoms with Crippen molar-refractivity contribution in [3.63, 3.8) is 0 Å². The topological polar surface area (TPSA) is 142 Å². The number of alkyl carbamates (subject to hydrolysis) is 1. The van der Waals surface area contributed by atoms with E-state index < -0.39 is 118 Å². The molecule has 1 aliphatic heterocycles. The molecule has 494 valence electrons. The summed E-state index contributed by atoms with van der Waals surface area (Å²) in [5.41, 5.74) is -6.68. The third kappa shape index (κ3) is 30.0. The Morgan fingerprint density at radius 3 is 1.28 bits per heavy atom. The number of carboxylic acid groups (broad SMARTS) is 1. The number of halogens is 19. The van der Waals surface area contributed by atoms with E-state index >= 15 is 0 Å². The largest absolute Gasteiger partial charge is 2.00 e. The maximum Gasteiger partial charge on any atom is 2.00 e. The van der Waals surface area contributed by atoms with Crippen molar-refractivity contribution in [1.29, 1.82) is 0 Å². The first-order valence-electron chi connectivity index (χ1n) is 26.1. The van der Waals surface area contributed by atoms with Gasteiger partial charge in [0.05, 0.1) is 53.0 Å². The molecule has 0 bridgehead atoms. The van der Waals surface area contributed by atoms with E-state index in [0.29, 0.717) is 53.8 Å². The zero-order chi connectivity index (χ0) is 67.4. The first kappa shape index (κ1) is 86.9. The van der Waals surface area contributed by atoms with Gasteiger partial charge in [0.2, 0.25) is 5.91 Å². The number of amides is 2. The normalized spacial score (nSPS) is 15.7. The first-order chi connectivity index (χ1) is 39.0. The number of aliphatic hydroxyl groups excluding tert-OH is 1. The summed E-state index contributed by atoms with van der Waals surface area (Å²) in [6.07, 6.45) is -28.7. The van der Waals surface area contributed by atoms with Gasteiger partial charge >= 0.3 is 72.2 Å². The second-order valence-electron chi connectivity index (χ2n) is 19.8. The van der Waals surface area contributed by atoms with Crippen LogP contribution in [-0.2, 0) is 56.2 Å². The standard InChI is InChI=1S/C13H14F6O.C13H12F6O.C12H12F3NO2.C8H6F3.C7H15NO2.C5H10O2.BrH.Mg/c2*1-3-7(2)11(20)8-4-9(12(14,15)16)6-10(5-8)13(17,18)19;1-6-3-8(5-9(4-6)12(13,14)15)10-7(2)16-11(17)18-10;1-6-3-2-4-7(5-6)8(9,10)11;1-5-6(2)7(9)8(3)10-4;1-3-4(2)5(6)7;;/h4-7,11,20H,3H2,1-2H3;4-7H,3H2,1-2H3;3-5,7,10H,1-2H3,(H,16,17);3-5H,1H3;6H,5H2,1-4H3;4H,3H2,1-2H3,(H,6,7);1H;/q;;;-1;;;;+2/p-1. The molecule has 7 unspecified atom stereocenters. The molecule has 88 heavy (non-hydrogen) atoms. The summed E-state index contributed by atoms with van der Waals surface area (Å²) in [6, 6.07) is 11.4. The van der Waals surface area contributed by atoms with E-state index in [1.807, 2.05) is 20.8 Å². The molecule has 1 saturated heterocycles. The summed E-state index contributed by atoms with van der Waals surface area (Å²) in [4.78, 5) is 48.6. The van der Waals surface area contributed by atoms with Gasteiger partial charge in [-0.1, -0.05) is 85.9 Å². The number of hydroxylamine groups is 2. The van der Waals surface area contributed by atoms with Crippen LogP contribution < -0.4 is 22.3 Å². The number of nitrogens with zero attached hydrogens (tertiary/aromatic N) is 1. The van der Waals surface area contributed by atoms with Crippen LogP contribution in [0.5, 0.6) is 0 Å². The minimum atomic E-state index is -4.94. The summed E-state index contributed by atoms with van der Waals surface area (Å²) in [6.45, 7) is 18.6. The zero-order valence-corrected chi connectivity index (χ0v) is 53.0. The van der Waals surface area contributed by atoms with Gasteiger partial charge in [0.15, 0.2) is 5.78 Å². The Hall–Kier alpha value is -5.33. The molecule has 1 fully saturated rings. The monoisotopic (exact) mass is 1370 g/mol. The number of alkyl halides is 18. The van der Waals surface area contributed by atoms with Crippen molar-refractivity contribution in [2.24, 2.45) is 23.7 Å². The average Bonchev–Trinajstić information content (AvgIpc) is 1.93. The average molecular weight is 1370 g/mol. The molecule has 0 aliphatic carbocycles. The molecule has 0 radical (unpaired) electrons. The number of cyclic esters (lactones) is 1. The van der Waals surface area contributed by atoms with Crippen LogP contribution in [0.15, 0.2) is 72.8 Å². The summed E-state index contributed by atoms with van der Waals surface area (Å²) in [5.74, 6) is -2.61. The van der Waals surface area contributed by atoms with Crippen molar-refractivity contribution in [2.75, 3.05) is 14.2 Å². The van der Waals surface area contributed by atoms with Gasteiger partial charge < -0.3 is 37.2 Å². The minimum absolute atomic E-state index is 0. The maximum absolute atomic E-state index is 12.7. The molecule has 4 aromatic carbocycles. The number of rotatable bonds is 12. The number of aliphatic hydroxyl groups is 1. The number of carbonyl (C=O) groups is 4. The second-order valence-corrected chi connectivity index (χ2v) is 19.8. The van der Waals surface area contributed by atoms with Crippen LogP contribution in [0.1, 0.15) is 166 Å². The number of carbonyl (C=O) groups excluding carboxylic acids is 3. The van der Waals surface area contributed by atoms with Gasteiger partial charge in [0.1, 0.15) is 6.10 Å². The van der Waals surface area contributed by atoms with E-state index in [1.54, 1.807) is 61.6 Å². The van der Waals surface area contributed by atoms with Crippen molar-refractivity contribution in [3.8, 4) is 0 Å². The van der Waals surface area contributed by atoms with Crippen LogP contribution in [0.3, 0.4) is 0 Å². The van der Waals surface area contributed by atoms with Gasteiger partial charge in [-0.3, -0.25) is 19.2 Å². The van der Waals surface area contributed by atoms with Crippen LogP contribution in [-0.4, -0.2) is 82.3 Å². The number of Topliss-reactive ketones (excluding diaryl/α,β-unsaturated/α-hetero) is 1. The Bertz CT molecular complexity index is 2730. The second kappa shape index (κ2) is 37.1. The van der Waals surface area contributed by atoms with E-state index in [0.717, 1.165) is 37.1 Å². The van der Waals surface area contributed by atoms with Gasteiger partial charge in [0, 0.05) is 24.4 Å². The van der Waals surface area contributed by atoms with Crippen LogP contribution >= 0.6 is 0 Å². The van der Waals surface area contributed by atoms with Crippen LogP contribution in [0.25, 0.3) is 0 Å². The van der Waals surface area contributed by atoms with E-state index in [9.17, 15) is 103 Å². The van der Waals surface area contributed by atoms with Crippen molar-refractivity contribution in [2.45, 2.75) is 157 Å². The molecule has 5 rings (SSSR count). The number of ketones is 1. The molecule has 0 spiro atoms. The van der Waals surface area contributed by atoms with Crippen molar-refractivity contribution in [1.82, 2.24) is 10.4 Å². The minimum Gasteiger partial charge on any atom is -1.00 e. The van der Waals surface area contributed by atoms with Gasteiger partial charge in [-0.15, -0.1) is 0 Å². The molecule has 0 saturated carbocycles. The van der Waals surface area contributed by atoms with Crippen LogP contribution in [0.2, 0.25) is 0 Å². The van der Waals surface area contributed by atoms with E-state index in [2.05, 4.69) is 11.4 Å². The number of benzene rings is 4. The molecular formula is C58H69BrF18MgN2O8. The SMILES string of the molecule is CCC(C)C(=O)N(C)OC.CCC(C)C(=O)O.CCC(C)C(=O)c1cc(C(F)(F)F)cc(C(F)(F)F)c1.CCC(C)C(O)c1cc(C(F)(F)F)cc(C(F)(F)F)c1.Cc1c[c-]cc(C(F)(F)F)c1.Cc1cc(C2OC(=O)NC2C)cc(C(F)(F)F)c1.[Br-].[Mg+2]. The number of hydrogen-bond acceptors (Lipinski definition) is 7. The Morgan fingerprint density at radius 2 is 0.977 bits per heavy atom. The quantitative estimate of drug-likeness (QED) is 0.0418. The zero-order valence-electron chi connectivity index (χ0n) is 50.0. The van der Waals surface area contributed by atoms with Gasteiger partial charge in [-0.05, 0) is 98.7 Å². The Kier molecular flexibility index (Phi) is 36.6. The van der Waals surface area contributed by atoms with E-state index in [-0.39, 0.29) is 81.5 Å². The number of nitrogens with one attached hydrogen (secondary N) is 1. The fourth-order valence-electron chi connectivity index (χ4n) is 6.78. The third-order valence-corrected chi connectivity index (χ3v) is 12.8. The molecule has 2 amide bonds. The van der Waals surface area contributed by atoms with Gasteiger partial charge in [0.25, 0.3) is 0 Å². The van der Waals surface area contributed by atoms with E-state index in [1.165, 1.54) is 25.2 Å². The van der Waals surface area contributed by atoms with Crippen molar-refractivity contribution < 1.29 is 135 Å². The molecular weight excluding hydrogens is 1300 g/mol. The summed E-state index contributed by atoms with van der Waals surface area (Å²) in [7, 11) is 3.11. The summed E-state index contributed by atoms with van der Waals surface area (Å²) < 4.78 is 230. The maximum atomic E-state index is 12.7. The molecule has 3 N–H and O–H groups in total. The number of aryl methyl sites for hydroxylation is 2. The molecule has 7 atom stereocenters. The molecule has 1 heterocycles. The van der Waals surface area contributed by atoms with Crippen molar-refractivity contribution >= 4 is 46.8 Å². The first-order valence-corrected chi connectivity index (χ1v) is 26.1. The predicted octanol–water partition coefficient (Wildman–Crippen LogP) is 14.5. The fraction of sp³-hybridized carbons (Fsp3) is 0.517. The number of hydrogen-bond donors (Lipinski definition) is 3. The number of aliphatic carboxylic acids is 1. The summed E-state index contributed by atoms with van der Waals surface area (Å²) >= 11 is 0. The Morgan fingerprint density at radius 1 is 0.591 bits per heavy atom. The Balaban J connectivity index is -0.00000101. The van der Waals surface area contributed by atoms with Crippen molar-refractivity contribution in [3.05, 3.63) is 140 Å². The van der Waals surface area contributed by atoms with Gasteiger partial charge in [-0.25, -0.2) is 9.86 Å². The smallest absolute Gasteiger partial charge is 1.00 e. The van der Waals surface area contributed by atoms with Crippen LogP contribution in [0, 0.1) is 43.6 Å². The van der Waals surface area contributed by atoms with Gasteiger partial charge in [-0.2, -0.15) is 109 Å². The fourth-order valence-corrected chi connectivity index (χ4v) is 6.78. The molecule has 30 heteroatoms.